The Morgan fingerprint density at radius 1 is 0.967 bits per heavy atom. The number of carbonyl (C=O) groups is 1. The second-order valence-corrected chi connectivity index (χ2v) is 24.8. The lowest BCUT2D eigenvalue weighted by molar-refractivity contribution is -0.121. The number of amides is 1. The van der Waals surface area contributed by atoms with Crippen LogP contribution in [0.15, 0.2) is 0 Å². The molecular weight excluding hydrogens is 762 g/mol. The van der Waals surface area contributed by atoms with E-state index in [1.54, 1.807) is 0 Å². The molecule has 0 rings (SSSR count). The molecule has 5 nitrogen and oxygen atoms in total. The van der Waals surface area contributed by atoms with Crippen LogP contribution in [0.5, 0.6) is 0 Å². The Labute approximate surface area is 229 Å². The number of unbranched alkanes of at least 4 members (excludes halogenated alkanes) is 12. The van der Waals surface area contributed by atoms with E-state index in [4.69, 9.17) is 16.3 Å². The standard InChI is InChI=1S/C20H39I3NO4PS/c1-2-3-4-5-6-7-8-9-10-11-12-13-14-15-19(26)24-16-18(25)17-28-29(27,30)20(21,22)23/h18,25H,2-17H2,1H3,(H,24,26)(H,27,30). The van der Waals surface area contributed by atoms with Crippen molar-refractivity contribution in [3.63, 3.8) is 0 Å². The minimum absolute atomic E-state index is 0.0495. The molecule has 0 fully saturated rings. The predicted octanol–water partition coefficient (Wildman–Crippen LogP) is 7.18. The van der Waals surface area contributed by atoms with E-state index in [-0.39, 0.29) is 19.1 Å². The summed E-state index contributed by atoms with van der Waals surface area (Å²) in [5.41, 5.74) is 0. The summed E-state index contributed by atoms with van der Waals surface area (Å²) < 4.78 is 4.71. The molecule has 0 aliphatic carbocycles. The minimum Gasteiger partial charge on any atom is -0.389 e. The normalized spacial score (nSPS) is 15.0. The van der Waals surface area contributed by atoms with Crippen LogP contribution in [0.25, 0.3) is 0 Å². The number of halogens is 3. The largest absolute Gasteiger partial charge is 0.389 e. The van der Waals surface area contributed by atoms with Crippen molar-refractivity contribution in [2.75, 3.05) is 13.2 Å². The van der Waals surface area contributed by atoms with Gasteiger partial charge >= 0.3 is 0 Å². The number of hydrogen-bond donors (Lipinski definition) is 3. The first kappa shape index (κ1) is 32.2. The molecular formula is C20H39I3NO4PS. The molecule has 0 saturated carbocycles. The van der Waals surface area contributed by atoms with Crippen molar-refractivity contribution < 1.29 is 19.3 Å². The van der Waals surface area contributed by atoms with Crippen LogP contribution in [0.2, 0.25) is 0 Å². The zero-order chi connectivity index (χ0) is 22.9. The molecule has 30 heavy (non-hydrogen) atoms. The van der Waals surface area contributed by atoms with Crippen molar-refractivity contribution >= 4 is 92.0 Å². The molecule has 0 aliphatic heterocycles. The number of carbonyl (C=O) groups excluding carboxylic acids is 1. The van der Waals surface area contributed by atoms with Crippen molar-refractivity contribution in [3.05, 3.63) is 0 Å². The highest BCUT2D eigenvalue weighted by molar-refractivity contribution is 14.3. The molecule has 0 saturated heterocycles. The SMILES string of the molecule is CCCCCCCCCCCCCCCC(=O)NCC(O)COP(O)(=S)C(I)(I)I. The Hall–Kier alpha value is 2.19. The summed E-state index contributed by atoms with van der Waals surface area (Å²) >= 11 is 11.2. The Morgan fingerprint density at radius 3 is 1.83 bits per heavy atom. The van der Waals surface area contributed by atoms with Crippen molar-refractivity contribution in [1.29, 1.82) is 0 Å². The number of rotatable bonds is 20. The van der Waals surface area contributed by atoms with Crippen LogP contribution in [0.3, 0.4) is 0 Å². The van der Waals surface area contributed by atoms with E-state index in [1.165, 1.54) is 70.6 Å². The lowest BCUT2D eigenvalue weighted by atomic mass is 10.0. The van der Waals surface area contributed by atoms with Gasteiger partial charge in [0.2, 0.25) is 12.4 Å². The fraction of sp³-hybridized carbons (Fsp3) is 0.950. The summed E-state index contributed by atoms with van der Waals surface area (Å²) in [5.74, 6) is -0.0495. The monoisotopic (exact) mass is 801 g/mol. The van der Waals surface area contributed by atoms with Gasteiger partial charge in [0.05, 0.1) is 12.7 Å². The zero-order valence-corrected chi connectivity index (χ0v) is 26.3. The highest BCUT2D eigenvalue weighted by Crippen LogP contribution is 2.67. The van der Waals surface area contributed by atoms with Crippen LogP contribution in [-0.2, 0) is 21.1 Å². The summed E-state index contributed by atoms with van der Waals surface area (Å²) in [6.45, 7) is -0.710. The van der Waals surface area contributed by atoms with Crippen LogP contribution in [0.1, 0.15) is 96.8 Å². The maximum atomic E-state index is 11.9. The number of nitrogens with one attached hydrogen (secondary N) is 1. The lowest BCUT2D eigenvalue weighted by Gasteiger charge is -2.25. The van der Waals surface area contributed by atoms with E-state index >= 15 is 0 Å². The highest BCUT2D eigenvalue weighted by atomic mass is 127. The maximum absolute atomic E-state index is 11.9. The number of hydrogen-bond acceptors (Lipinski definition) is 4. The van der Waals surface area contributed by atoms with E-state index in [0.717, 1.165) is 12.8 Å². The highest BCUT2D eigenvalue weighted by Gasteiger charge is 2.37. The quantitative estimate of drug-likeness (QED) is 0.0527. The van der Waals surface area contributed by atoms with Gasteiger partial charge in [0.15, 0.2) is -0.824 Å². The summed E-state index contributed by atoms with van der Waals surface area (Å²) in [6, 6.07) is 0. The average molecular weight is 801 g/mol. The first-order valence-electron chi connectivity index (χ1n) is 11.1. The lowest BCUT2D eigenvalue weighted by Crippen LogP contribution is -2.34. The van der Waals surface area contributed by atoms with Crippen molar-refractivity contribution in [2.24, 2.45) is 0 Å². The third kappa shape index (κ3) is 18.6. The summed E-state index contributed by atoms with van der Waals surface area (Å²) in [7, 11) is 0. The number of alkyl halides is 3. The van der Waals surface area contributed by atoms with Gasteiger partial charge in [-0.2, -0.15) is 0 Å². The minimum atomic E-state index is -3.00. The second kappa shape index (κ2) is 19.5. The molecule has 0 aromatic rings. The summed E-state index contributed by atoms with van der Waals surface area (Å²) in [6.07, 6.45) is 16.3. The van der Waals surface area contributed by atoms with E-state index in [1.807, 2.05) is 67.8 Å². The molecule has 0 radical (unpaired) electrons. The summed E-state index contributed by atoms with van der Waals surface area (Å²) in [5, 5.41) is 12.6. The average Bonchev–Trinajstić information content (AvgIpc) is 2.67. The van der Waals surface area contributed by atoms with Gasteiger partial charge in [-0.1, -0.05) is 84.0 Å². The van der Waals surface area contributed by atoms with E-state index < -0.39 is 11.8 Å². The van der Waals surface area contributed by atoms with Crippen LogP contribution in [0, 0.1) is 0 Å². The van der Waals surface area contributed by atoms with Crippen molar-refractivity contribution in [3.8, 4) is 0 Å². The van der Waals surface area contributed by atoms with Gasteiger partial charge in [-0.25, -0.2) is 0 Å². The molecule has 10 heteroatoms. The molecule has 0 aromatic carbocycles. The van der Waals surface area contributed by atoms with Crippen LogP contribution < -0.4 is 5.32 Å². The van der Waals surface area contributed by atoms with Gasteiger partial charge in [-0.05, 0) is 86.0 Å². The molecule has 2 unspecified atom stereocenters. The molecule has 0 heterocycles. The molecule has 3 N–H and O–H groups in total. The topological polar surface area (TPSA) is 78.8 Å². The predicted molar refractivity (Wildman–Crippen MR) is 157 cm³/mol. The summed E-state index contributed by atoms with van der Waals surface area (Å²) in [4.78, 5) is 22.0. The first-order valence-corrected chi connectivity index (χ1v) is 17.0. The zero-order valence-electron chi connectivity index (χ0n) is 18.1. The van der Waals surface area contributed by atoms with Gasteiger partial charge in [0.1, 0.15) is 0 Å². The van der Waals surface area contributed by atoms with Gasteiger partial charge in [-0.15, -0.1) is 0 Å². The fourth-order valence-electron chi connectivity index (χ4n) is 2.94. The van der Waals surface area contributed by atoms with Gasteiger partial charge in [0.25, 0.3) is 0 Å². The third-order valence-corrected chi connectivity index (χ3v) is 15.9. The molecule has 0 bridgehead atoms. The molecule has 2 atom stereocenters. The van der Waals surface area contributed by atoms with Crippen molar-refractivity contribution in [2.45, 2.75) is 102 Å². The molecule has 0 spiro atoms. The Morgan fingerprint density at radius 2 is 1.40 bits per heavy atom. The van der Waals surface area contributed by atoms with Gasteiger partial charge in [-0.3, -0.25) is 4.79 Å². The Balaban J connectivity index is 3.52. The third-order valence-electron chi connectivity index (χ3n) is 4.80. The van der Waals surface area contributed by atoms with Crippen LogP contribution >= 0.6 is 74.3 Å². The van der Waals surface area contributed by atoms with E-state index in [0.29, 0.717) is 6.42 Å². The smallest absolute Gasteiger partial charge is 0.222 e. The molecule has 0 aliphatic rings. The first-order chi connectivity index (χ1) is 14.1. The van der Waals surface area contributed by atoms with Gasteiger partial charge in [0, 0.05) is 13.0 Å². The molecule has 0 aromatic heterocycles. The van der Waals surface area contributed by atoms with Gasteiger partial charge < -0.3 is 19.8 Å². The molecule has 1 amide bonds. The molecule has 180 valence electrons. The fourth-order valence-corrected chi connectivity index (χ4v) is 4.90. The Bertz CT molecular complexity index is 495. The van der Waals surface area contributed by atoms with E-state index in [9.17, 15) is 14.8 Å². The van der Waals surface area contributed by atoms with Crippen LogP contribution in [0.4, 0.5) is 0 Å². The van der Waals surface area contributed by atoms with Crippen molar-refractivity contribution in [1.82, 2.24) is 5.32 Å². The number of aliphatic hydroxyl groups is 1. The van der Waals surface area contributed by atoms with Crippen LogP contribution in [-0.4, -0.2) is 34.3 Å². The number of aliphatic hydroxyl groups excluding tert-OH is 1. The maximum Gasteiger partial charge on any atom is 0.222 e. The van der Waals surface area contributed by atoms with E-state index in [2.05, 4.69) is 12.2 Å². The Kier molecular flexibility index (Phi) is 20.9. The second-order valence-electron chi connectivity index (χ2n) is 7.73.